The molecule has 2 unspecified atom stereocenters. The molecular weight excluding hydrogens is 286 g/mol. The van der Waals surface area contributed by atoms with Gasteiger partial charge in [0.1, 0.15) is 0 Å². The van der Waals surface area contributed by atoms with Gasteiger partial charge >= 0.3 is 0 Å². The quantitative estimate of drug-likeness (QED) is 0.738. The minimum absolute atomic E-state index is 0.00162. The van der Waals surface area contributed by atoms with Crippen LogP contribution in [0.2, 0.25) is 0 Å². The summed E-state index contributed by atoms with van der Waals surface area (Å²) in [7, 11) is 0. The van der Waals surface area contributed by atoms with Gasteiger partial charge in [0.15, 0.2) is 0 Å². The molecule has 3 N–H and O–H groups in total. The highest BCUT2D eigenvalue weighted by atomic mass is 32.1. The zero-order chi connectivity index (χ0) is 14.8. The number of nitrogens with one attached hydrogen (secondary N) is 1. The summed E-state index contributed by atoms with van der Waals surface area (Å²) in [6, 6.07) is 1.81. The highest BCUT2D eigenvalue weighted by molar-refractivity contribution is 7.10. The lowest BCUT2D eigenvalue weighted by Gasteiger charge is -2.35. The third kappa shape index (κ3) is 2.67. The summed E-state index contributed by atoms with van der Waals surface area (Å²) in [4.78, 5) is 27.1. The van der Waals surface area contributed by atoms with E-state index in [1.165, 1.54) is 11.3 Å². The Hall–Kier alpha value is -1.84. The smallest absolute Gasteiger partial charge is 0.255 e. The Kier molecular flexibility index (Phi) is 3.95. The van der Waals surface area contributed by atoms with Crippen molar-refractivity contribution in [3.63, 3.8) is 0 Å². The van der Waals surface area contributed by atoms with Crippen molar-refractivity contribution in [3.05, 3.63) is 21.9 Å². The first kappa shape index (κ1) is 14.1. The van der Waals surface area contributed by atoms with E-state index in [0.29, 0.717) is 25.2 Å². The van der Waals surface area contributed by atoms with Crippen molar-refractivity contribution >= 4 is 23.2 Å². The number of fused-ring (bicyclic) bond motifs is 1. The number of piperidine rings is 1. The molecule has 110 valence electrons. The largest absolute Gasteiger partial charge is 0.354 e. The molecule has 1 aromatic rings. The Morgan fingerprint density at radius 2 is 2.43 bits per heavy atom. The first-order valence-electron chi connectivity index (χ1n) is 7.07. The molecule has 21 heavy (non-hydrogen) atoms. The molecule has 2 saturated heterocycles. The van der Waals surface area contributed by atoms with E-state index in [1.54, 1.807) is 0 Å². The number of carbonyl (C=O) groups excluding carboxylic acids is 2. The van der Waals surface area contributed by atoms with Crippen molar-refractivity contribution in [1.82, 2.24) is 10.2 Å². The number of nitrogens with two attached hydrogens (primary N) is 1. The van der Waals surface area contributed by atoms with Gasteiger partial charge in [-0.05, 0) is 18.9 Å². The maximum Gasteiger partial charge on any atom is 0.255 e. The summed E-state index contributed by atoms with van der Waals surface area (Å²) in [5, 5.41) is 4.69. The molecule has 0 aliphatic carbocycles. The van der Waals surface area contributed by atoms with Gasteiger partial charge in [0.2, 0.25) is 5.91 Å². The highest BCUT2D eigenvalue weighted by Gasteiger charge is 2.42. The summed E-state index contributed by atoms with van der Waals surface area (Å²) in [5.41, 5.74) is 6.00. The zero-order valence-electron chi connectivity index (χ0n) is 11.6. The lowest BCUT2D eigenvalue weighted by Crippen LogP contribution is -2.48. The molecule has 3 heterocycles. The Labute approximate surface area is 127 Å². The Balaban J connectivity index is 1.78. The summed E-state index contributed by atoms with van der Waals surface area (Å²) < 4.78 is 0. The molecule has 5 nitrogen and oxygen atoms in total. The van der Waals surface area contributed by atoms with Crippen LogP contribution in [0.4, 0.5) is 0 Å². The van der Waals surface area contributed by atoms with Crippen molar-refractivity contribution in [2.75, 3.05) is 19.6 Å². The molecule has 0 aromatic carbocycles. The average Bonchev–Trinajstić information content (AvgIpc) is 3.12. The molecule has 3 rings (SSSR count). The summed E-state index contributed by atoms with van der Waals surface area (Å²) in [6.45, 7) is 1.60. The van der Waals surface area contributed by atoms with Gasteiger partial charge in [-0.25, -0.2) is 0 Å². The van der Waals surface area contributed by atoms with E-state index in [0.717, 1.165) is 17.7 Å². The Morgan fingerprint density at radius 1 is 1.57 bits per heavy atom. The second-order valence-corrected chi connectivity index (χ2v) is 6.18. The van der Waals surface area contributed by atoms with Crippen LogP contribution < -0.4 is 11.1 Å². The van der Waals surface area contributed by atoms with Crippen molar-refractivity contribution in [1.29, 1.82) is 0 Å². The van der Waals surface area contributed by atoms with Crippen molar-refractivity contribution in [3.8, 4) is 11.8 Å². The Bertz CT molecular complexity index is 628. The number of hydrogen-bond acceptors (Lipinski definition) is 4. The van der Waals surface area contributed by atoms with Crippen LogP contribution in [0.25, 0.3) is 0 Å². The standard InChI is InChI=1S/C15H17N3O2S/c16-5-1-3-11-7-10(9-21-11)15(20)18-6-2-4-12-13(18)8-17-14(12)19/h7,9,12-13H,2,4-6,8,16H2,(H,17,19). The van der Waals surface area contributed by atoms with Crippen LogP contribution >= 0.6 is 11.3 Å². The third-order valence-corrected chi connectivity index (χ3v) is 4.87. The van der Waals surface area contributed by atoms with E-state index in [4.69, 9.17) is 5.73 Å². The molecule has 2 aliphatic rings. The Morgan fingerprint density at radius 3 is 3.24 bits per heavy atom. The highest BCUT2D eigenvalue weighted by Crippen LogP contribution is 2.29. The van der Waals surface area contributed by atoms with Crippen LogP contribution in [-0.4, -0.2) is 42.4 Å². The lowest BCUT2D eigenvalue weighted by atomic mass is 9.91. The predicted molar refractivity (Wildman–Crippen MR) is 80.8 cm³/mol. The van der Waals surface area contributed by atoms with Gasteiger partial charge in [0, 0.05) is 18.5 Å². The fourth-order valence-electron chi connectivity index (χ4n) is 3.02. The first-order chi connectivity index (χ1) is 10.2. The van der Waals surface area contributed by atoms with E-state index in [-0.39, 0.29) is 23.8 Å². The SMILES string of the molecule is NCC#Cc1cc(C(=O)N2CCCC3C(=O)NCC32)cs1. The van der Waals surface area contributed by atoms with E-state index in [2.05, 4.69) is 17.2 Å². The molecule has 2 aliphatic heterocycles. The third-order valence-electron chi connectivity index (χ3n) is 4.02. The number of thiophene rings is 1. The van der Waals surface area contributed by atoms with Gasteiger partial charge in [-0.1, -0.05) is 11.8 Å². The first-order valence-corrected chi connectivity index (χ1v) is 7.95. The molecule has 2 amide bonds. The molecule has 0 bridgehead atoms. The van der Waals surface area contributed by atoms with Gasteiger partial charge < -0.3 is 16.0 Å². The number of nitrogens with zero attached hydrogens (tertiary/aromatic N) is 1. The molecule has 2 atom stereocenters. The van der Waals surface area contributed by atoms with E-state index >= 15 is 0 Å². The minimum Gasteiger partial charge on any atom is -0.354 e. The lowest BCUT2D eigenvalue weighted by molar-refractivity contribution is -0.123. The van der Waals surface area contributed by atoms with Gasteiger partial charge in [-0.3, -0.25) is 9.59 Å². The maximum atomic E-state index is 12.7. The van der Waals surface area contributed by atoms with Gasteiger partial charge in [0.05, 0.1) is 28.9 Å². The molecule has 0 spiro atoms. The number of carbonyl (C=O) groups is 2. The minimum atomic E-state index is -0.0437. The number of likely N-dealkylation sites (tertiary alicyclic amines) is 1. The average molecular weight is 303 g/mol. The summed E-state index contributed by atoms with van der Waals surface area (Å²) in [6.07, 6.45) is 1.75. The molecule has 6 heteroatoms. The molecule has 1 aromatic heterocycles. The van der Waals surface area contributed by atoms with Crippen molar-refractivity contribution in [2.45, 2.75) is 18.9 Å². The second-order valence-electron chi connectivity index (χ2n) is 5.27. The number of amides is 2. The van der Waals surface area contributed by atoms with Crippen LogP contribution in [0.5, 0.6) is 0 Å². The zero-order valence-corrected chi connectivity index (χ0v) is 12.4. The normalized spacial score (nSPS) is 24.0. The summed E-state index contributed by atoms with van der Waals surface area (Å²) in [5.74, 6) is 5.77. The fraction of sp³-hybridized carbons (Fsp3) is 0.467. The van der Waals surface area contributed by atoms with Gasteiger partial charge in [-0.2, -0.15) is 0 Å². The van der Waals surface area contributed by atoms with Crippen LogP contribution in [0.15, 0.2) is 11.4 Å². The monoisotopic (exact) mass is 303 g/mol. The van der Waals surface area contributed by atoms with Gasteiger partial charge in [0.25, 0.3) is 5.91 Å². The van der Waals surface area contributed by atoms with Crippen molar-refractivity contribution in [2.24, 2.45) is 11.7 Å². The summed E-state index contributed by atoms with van der Waals surface area (Å²) >= 11 is 1.45. The molecular formula is C15H17N3O2S. The predicted octanol–water partition coefficient (Wildman–Crippen LogP) is 0.409. The van der Waals surface area contributed by atoms with Crippen LogP contribution in [0.3, 0.4) is 0 Å². The van der Waals surface area contributed by atoms with Crippen LogP contribution in [-0.2, 0) is 4.79 Å². The molecule has 2 fully saturated rings. The van der Waals surface area contributed by atoms with Crippen LogP contribution in [0, 0.1) is 17.8 Å². The number of hydrogen-bond donors (Lipinski definition) is 2. The van der Waals surface area contributed by atoms with E-state index < -0.39 is 0 Å². The number of rotatable bonds is 1. The van der Waals surface area contributed by atoms with E-state index in [9.17, 15) is 9.59 Å². The topological polar surface area (TPSA) is 75.4 Å². The van der Waals surface area contributed by atoms with Crippen molar-refractivity contribution < 1.29 is 9.59 Å². The molecule has 0 radical (unpaired) electrons. The second kappa shape index (κ2) is 5.88. The van der Waals surface area contributed by atoms with E-state index in [1.807, 2.05) is 16.3 Å². The fourth-order valence-corrected chi connectivity index (χ4v) is 3.77. The van der Waals surface area contributed by atoms with Gasteiger partial charge in [-0.15, -0.1) is 11.3 Å². The van der Waals surface area contributed by atoms with Crippen LogP contribution in [0.1, 0.15) is 28.1 Å². The maximum absolute atomic E-state index is 12.7. The molecule has 0 saturated carbocycles.